The van der Waals surface area contributed by atoms with E-state index in [1.54, 1.807) is 67.6 Å². The maximum Gasteiger partial charge on any atom is 0.281 e. The van der Waals surface area contributed by atoms with E-state index in [-0.39, 0.29) is 18.4 Å². The monoisotopic (exact) mass is 461 g/mol. The Morgan fingerprint density at radius 3 is 2.33 bits per heavy atom. The predicted molar refractivity (Wildman–Crippen MR) is 121 cm³/mol. The Kier molecular flexibility index (Phi) is 7.46. The van der Waals surface area contributed by atoms with Gasteiger partial charge in [0.1, 0.15) is 5.75 Å². The van der Waals surface area contributed by atoms with Gasteiger partial charge in [-0.1, -0.05) is 35.3 Å². The number of carbonyl (C=O) groups excluding carboxylic acids is 2. The fraction of sp³-hybridized carbons (Fsp3) is 0.0952. The molecule has 0 aliphatic heterocycles. The predicted octanol–water partition coefficient (Wildman–Crippen LogP) is 5.23. The minimum absolute atomic E-state index is 0.122. The molecular formula is C21H17Cl2N3O3S. The van der Waals surface area contributed by atoms with Crippen molar-refractivity contribution in [2.24, 2.45) is 5.10 Å². The van der Waals surface area contributed by atoms with Crippen LogP contribution in [0.15, 0.2) is 65.8 Å². The molecule has 30 heavy (non-hydrogen) atoms. The summed E-state index contributed by atoms with van der Waals surface area (Å²) in [5.41, 5.74) is 4.54. The number of hydrazone groups is 1. The Morgan fingerprint density at radius 2 is 1.70 bits per heavy atom. The van der Waals surface area contributed by atoms with Gasteiger partial charge < -0.3 is 10.1 Å². The van der Waals surface area contributed by atoms with Crippen molar-refractivity contribution in [1.82, 2.24) is 5.43 Å². The second-order valence-corrected chi connectivity index (χ2v) is 8.26. The van der Waals surface area contributed by atoms with Gasteiger partial charge in [-0.15, -0.1) is 11.3 Å². The number of hydrogen-bond acceptors (Lipinski definition) is 5. The summed E-state index contributed by atoms with van der Waals surface area (Å²) in [7, 11) is 0. The number of benzene rings is 2. The Hall–Kier alpha value is -2.87. The number of rotatable bonds is 7. The van der Waals surface area contributed by atoms with Gasteiger partial charge >= 0.3 is 0 Å². The zero-order valence-corrected chi connectivity index (χ0v) is 18.1. The fourth-order valence-corrected chi connectivity index (χ4v) is 3.42. The van der Waals surface area contributed by atoms with Crippen LogP contribution >= 0.6 is 34.5 Å². The summed E-state index contributed by atoms with van der Waals surface area (Å²) in [5, 5.41) is 7.46. The van der Waals surface area contributed by atoms with Crippen LogP contribution in [-0.4, -0.2) is 24.1 Å². The number of halogens is 2. The number of ether oxygens (including phenoxy) is 1. The van der Waals surface area contributed by atoms with Gasteiger partial charge in [0, 0.05) is 10.7 Å². The van der Waals surface area contributed by atoms with E-state index in [1.807, 2.05) is 0 Å². The molecule has 2 amide bonds. The highest BCUT2D eigenvalue weighted by Gasteiger charge is 2.08. The van der Waals surface area contributed by atoms with Crippen molar-refractivity contribution in [3.8, 4) is 5.75 Å². The molecule has 0 aliphatic rings. The molecule has 0 bridgehead atoms. The van der Waals surface area contributed by atoms with Crippen LogP contribution in [0, 0.1) is 0 Å². The van der Waals surface area contributed by atoms with E-state index in [2.05, 4.69) is 15.8 Å². The van der Waals surface area contributed by atoms with Gasteiger partial charge in [0.05, 0.1) is 14.9 Å². The Bertz CT molecular complexity index is 1060. The molecule has 0 aliphatic carbocycles. The summed E-state index contributed by atoms with van der Waals surface area (Å²) in [6.45, 7) is 1.65. The Balaban J connectivity index is 1.51. The lowest BCUT2D eigenvalue weighted by atomic mass is 10.1. The number of hydrogen-bond donors (Lipinski definition) is 2. The Labute approximate surface area is 187 Å². The molecule has 0 unspecified atom stereocenters. The molecule has 0 radical (unpaired) electrons. The van der Waals surface area contributed by atoms with E-state index in [1.165, 1.54) is 11.3 Å². The van der Waals surface area contributed by atoms with Crippen LogP contribution in [0.3, 0.4) is 0 Å². The molecule has 0 saturated heterocycles. The van der Waals surface area contributed by atoms with Crippen LogP contribution in [-0.2, 0) is 4.79 Å². The molecule has 2 aromatic carbocycles. The topological polar surface area (TPSA) is 79.8 Å². The van der Waals surface area contributed by atoms with E-state index >= 15 is 0 Å². The second kappa shape index (κ2) is 10.2. The maximum absolute atomic E-state index is 12.0. The normalized spacial score (nSPS) is 11.1. The van der Waals surface area contributed by atoms with Gasteiger partial charge in [0.2, 0.25) is 0 Å². The lowest BCUT2D eigenvalue weighted by molar-refractivity contribution is -0.118. The molecule has 3 aromatic rings. The molecule has 0 atom stereocenters. The van der Waals surface area contributed by atoms with Crippen molar-refractivity contribution >= 4 is 57.8 Å². The summed E-state index contributed by atoms with van der Waals surface area (Å²) in [6, 6.07) is 17.1. The van der Waals surface area contributed by atoms with Crippen LogP contribution < -0.4 is 15.5 Å². The van der Waals surface area contributed by atoms with E-state index in [0.29, 0.717) is 31.4 Å². The summed E-state index contributed by atoms with van der Waals surface area (Å²) >= 11 is 12.8. The average Bonchev–Trinajstić information content (AvgIpc) is 3.18. The third-order valence-corrected chi connectivity index (χ3v) is 5.37. The fourth-order valence-electron chi connectivity index (χ4n) is 2.36. The SMILES string of the molecule is CC(=NNC(=O)c1ccc(Cl)s1)c1ccc(NC(=O)COc2ccc(Cl)cc2)cc1. The van der Waals surface area contributed by atoms with Crippen molar-refractivity contribution < 1.29 is 14.3 Å². The third-order valence-electron chi connectivity index (χ3n) is 3.89. The van der Waals surface area contributed by atoms with Crippen molar-refractivity contribution in [3.63, 3.8) is 0 Å². The van der Waals surface area contributed by atoms with Gasteiger partial charge in [-0.25, -0.2) is 5.43 Å². The number of nitrogens with zero attached hydrogens (tertiary/aromatic N) is 1. The molecule has 1 heterocycles. The van der Waals surface area contributed by atoms with E-state index in [9.17, 15) is 9.59 Å². The first-order chi connectivity index (χ1) is 14.4. The van der Waals surface area contributed by atoms with Crippen molar-refractivity contribution in [1.29, 1.82) is 0 Å². The highest BCUT2D eigenvalue weighted by atomic mass is 35.5. The van der Waals surface area contributed by atoms with Gasteiger partial charge in [0.15, 0.2) is 6.61 Å². The minimum atomic E-state index is -0.323. The molecular weight excluding hydrogens is 445 g/mol. The summed E-state index contributed by atoms with van der Waals surface area (Å²) in [5.74, 6) is -0.0515. The Morgan fingerprint density at radius 1 is 1.00 bits per heavy atom. The van der Waals surface area contributed by atoms with Crippen LogP contribution in [0.1, 0.15) is 22.2 Å². The van der Waals surface area contributed by atoms with E-state index in [4.69, 9.17) is 27.9 Å². The third kappa shape index (κ3) is 6.32. The van der Waals surface area contributed by atoms with Crippen molar-refractivity contribution in [3.05, 3.63) is 80.5 Å². The number of carbonyl (C=O) groups is 2. The van der Waals surface area contributed by atoms with Gasteiger partial charge in [-0.05, 0) is 61.0 Å². The van der Waals surface area contributed by atoms with Gasteiger partial charge in [0.25, 0.3) is 11.8 Å². The van der Waals surface area contributed by atoms with Crippen molar-refractivity contribution in [2.45, 2.75) is 6.92 Å². The second-order valence-electron chi connectivity index (χ2n) is 6.11. The van der Waals surface area contributed by atoms with Crippen LogP contribution in [0.4, 0.5) is 5.69 Å². The van der Waals surface area contributed by atoms with Crippen molar-refractivity contribution in [2.75, 3.05) is 11.9 Å². The molecule has 0 spiro atoms. The summed E-state index contributed by atoms with van der Waals surface area (Å²) in [4.78, 5) is 24.5. The summed E-state index contributed by atoms with van der Waals surface area (Å²) < 4.78 is 5.95. The lowest BCUT2D eigenvalue weighted by Gasteiger charge is -2.08. The largest absolute Gasteiger partial charge is 0.484 e. The molecule has 1 aromatic heterocycles. The molecule has 0 fully saturated rings. The quantitative estimate of drug-likeness (QED) is 0.373. The first kappa shape index (κ1) is 21.8. The van der Waals surface area contributed by atoms with Crippen LogP contribution in [0.5, 0.6) is 5.75 Å². The summed E-state index contributed by atoms with van der Waals surface area (Å²) in [6.07, 6.45) is 0. The smallest absolute Gasteiger partial charge is 0.281 e. The highest BCUT2D eigenvalue weighted by molar-refractivity contribution is 7.18. The zero-order valence-electron chi connectivity index (χ0n) is 15.8. The van der Waals surface area contributed by atoms with Crippen LogP contribution in [0.2, 0.25) is 9.36 Å². The molecule has 6 nitrogen and oxygen atoms in total. The molecule has 9 heteroatoms. The van der Waals surface area contributed by atoms with Crippen LogP contribution in [0.25, 0.3) is 0 Å². The maximum atomic E-state index is 12.0. The molecule has 154 valence electrons. The number of thiophene rings is 1. The lowest BCUT2D eigenvalue weighted by Crippen LogP contribution is -2.20. The highest BCUT2D eigenvalue weighted by Crippen LogP contribution is 2.21. The first-order valence-corrected chi connectivity index (χ1v) is 10.4. The molecule has 2 N–H and O–H groups in total. The van der Waals surface area contributed by atoms with Gasteiger partial charge in [-0.3, -0.25) is 9.59 Å². The zero-order chi connectivity index (χ0) is 21.5. The number of anilines is 1. The number of amides is 2. The molecule has 3 rings (SSSR count). The van der Waals surface area contributed by atoms with E-state index in [0.717, 1.165) is 5.56 Å². The van der Waals surface area contributed by atoms with Gasteiger partial charge in [-0.2, -0.15) is 5.10 Å². The average molecular weight is 462 g/mol. The first-order valence-electron chi connectivity index (χ1n) is 8.79. The molecule has 0 saturated carbocycles. The van der Waals surface area contributed by atoms with E-state index < -0.39 is 0 Å². The minimum Gasteiger partial charge on any atom is -0.484 e. The standard InChI is InChI=1S/C21H17Cl2N3O3S/c1-13(25-26-21(28)18-10-11-19(23)30-18)14-2-6-16(7-3-14)24-20(27)12-29-17-8-4-15(22)5-9-17/h2-11H,12H2,1H3,(H,24,27)(H,26,28). The number of nitrogens with one attached hydrogen (secondary N) is 2.